The number of nitrogens with zero attached hydrogens (tertiary/aromatic N) is 1. The lowest BCUT2D eigenvalue weighted by atomic mass is 10.2. The summed E-state index contributed by atoms with van der Waals surface area (Å²) in [5, 5.41) is -0.717. The van der Waals surface area contributed by atoms with Crippen molar-refractivity contribution in [3.63, 3.8) is 0 Å². The summed E-state index contributed by atoms with van der Waals surface area (Å²) >= 11 is 0. The van der Waals surface area contributed by atoms with Gasteiger partial charge >= 0.3 is 5.69 Å². The van der Waals surface area contributed by atoms with E-state index in [0.717, 1.165) is 12.0 Å². The molecule has 1 N–H and O–H groups in total. The maximum atomic E-state index is 12.2. The fourth-order valence-corrected chi connectivity index (χ4v) is 4.69. The van der Waals surface area contributed by atoms with Crippen LogP contribution in [0.4, 0.5) is 0 Å². The third-order valence-corrected chi connectivity index (χ3v) is 5.84. The number of benzene rings is 1. The molecule has 19 heavy (non-hydrogen) atoms. The molecule has 5 nitrogen and oxygen atoms in total. The van der Waals surface area contributed by atoms with E-state index >= 15 is 0 Å². The van der Waals surface area contributed by atoms with Crippen molar-refractivity contribution < 1.29 is 8.42 Å². The summed E-state index contributed by atoms with van der Waals surface area (Å²) < 4.78 is 25.7. The molecular formula is C13H16N2O3S. The third-order valence-electron chi connectivity index (χ3n) is 3.70. The second kappa shape index (κ2) is 4.23. The average molecular weight is 280 g/mol. The molecule has 0 radical (unpaired) electrons. The van der Waals surface area contributed by atoms with Crippen LogP contribution in [0.15, 0.2) is 23.0 Å². The number of sulfone groups is 1. The summed E-state index contributed by atoms with van der Waals surface area (Å²) in [6.07, 6.45) is 2.05. The minimum absolute atomic E-state index is 0.169. The van der Waals surface area contributed by atoms with E-state index in [1.54, 1.807) is 0 Å². The van der Waals surface area contributed by atoms with Gasteiger partial charge in [-0.05, 0) is 43.9 Å². The number of nitrogens with one attached hydrogen (secondary N) is 1. The fraction of sp³-hybridized carbons (Fsp3) is 0.462. The van der Waals surface area contributed by atoms with E-state index in [1.807, 2.05) is 25.1 Å². The van der Waals surface area contributed by atoms with Gasteiger partial charge in [-0.2, -0.15) is 0 Å². The lowest BCUT2D eigenvalue weighted by Crippen LogP contribution is -2.32. The van der Waals surface area contributed by atoms with E-state index in [2.05, 4.69) is 4.98 Å². The first-order valence-corrected chi connectivity index (χ1v) is 8.13. The molecule has 1 aromatic carbocycles. The number of hydrogen-bond acceptors (Lipinski definition) is 3. The van der Waals surface area contributed by atoms with Crippen molar-refractivity contribution in [3.8, 4) is 0 Å². The van der Waals surface area contributed by atoms with Gasteiger partial charge in [-0.15, -0.1) is 0 Å². The summed E-state index contributed by atoms with van der Waals surface area (Å²) in [7, 11) is -3.23. The number of imidazole rings is 1. The van der Waals surface area contributed by atoms with Gasteiger partial charge in [0.15, 0.2) is 9.84 Å². The standard InChI is InChI=1S/C13H16N2O3S/c1-9-5-6-11-10(8-9)14-13(16)15(11)12-4-2-3-7-19(12,17)18/h5-6,8,12H,2-4,7H2,1H3,(H,14,16). The van der Waals surface area contributed by atoms with Crippen LogP contribution in [0.3, 0.4) is 0 Å². The Morgan fingerprint density at radius 2 is 2.11 bits per heavy atom. The first-order valence-electron chi connectivity index (χ1n) is 6.41. The molecule has 0 amide bonds. The Balaban J connectivity index is 2.25. The Morgan fingerprint density at radius 1 is 1.32 bits per heavy atom. The fourth-order valence-electron chi connectivity index (χ4n) is 2.76. The molecule has 2 aromatic rings. The van der Waals surface area contributed by atoms with Crippen LogP contribution in [0.5, 0.6) is 0 Å². The molecule has 102 valence electrons. The van der Waals surface area contributed by atoms with Gasteiger partial charge in [-0.3, -0.25) is 4.57 Å². The molecule has 0 aliphatic carbocycles. The summed E-state index contributed by atoms with van der Waals surface area (Å²) in [4.78, 5) is 14.8. The number of aryl methyl sites for hydroxylation is 1. The Labute approximate surface area is 111 Å². The first-order chi connectivity index (χ1) is 8.99. The summed E-state index contributed by atoms with van der Waals surface area (Å²) in [6, 6.07) is 5.57. The van der Waals surface area contributed by atoms with Crippen molar-refractivity contribution >= 4 is 20.9 Å². The van der Waals surface area contributed by atoms with E-state index in [-0.39, 0.29) is 11.4 Å². The van der Waals surface area contributed by atoms with Crippen molar-refractivity contribution in [1.29, 1.82) is 0 Å². The highest BCUT2D eigenvalue weighted by atomic mass is 32.2. The molecule has 2 heterocycles. The quantitative estimate of drug-likeness (QED) is 0.864. The molecule has 1 aliphatic rings. The Hall–Kier alpha value is -1.56. The summed E-state index contributed by atoms with van der Waals surface area (Å²) in [5.41, 5.74) is 2.07. The van der Waals surface area contributed by atoms with Gasteiger partial charge in [0.05, 0.1) is 16.8 Å². The van der Waals surface area contributed by atoms with Crippen LogP contribution in [-0.4, -0.2) is 23.7 Å². The first kappa shape index (κ1) is 12.5. The van der Waals surface area contributed by atoms with Crippen LogP contribution in [0, 0.1) is 6.92 Å². The number of aromatic nitrogens is 2. The van der Waals surface area contributed by atoms with Gasteiger partial charge in [-0.25, -0.2) is 13.2 Å². The molecule has 1 aliphatic heterocycles. The van der Waals surface area contributed by atoms with Gasteiger partial charge in [0.2, 0.25) is 0 Å². The number of hydrogen-bond donors (Lipinski definition) is 1. The minimum Gasteiger partial charge on any atom is -0.305 e. The van der Waals surface area contributed by atoms with Crippen LogP contribution in [0.2, 0.25) is 0 Å². The summed E-state index contributed by atoms with van der Waals surface area (Å²) in [6.45, 7) is 1.94. The van der Waals surface area contributed by atoms with Crippen LogP contribution >= 0.6 is 0 Å². The van der Waals surface area contributed by atoms with E-state index in [4.69, 9.17) is 0 Å². The van der Waals surface area contributed by atoms with Gasteiger partial charge in [-0.1, -0.05) is 6.07 Å². The third kappa shape index (κ3) is 2.00. The molecule has 1 saturated heterocycles. The van der Waals surface area contributed by atoms with E-state index in [0.29, 0.717) is 23.9 Å². The number of aromatic amines is 1. The normalized spacial score (nSPS) is 22.7. The molecule has 0 bridgehead atoms. The predicted molar refractivity (Wildman–Crippen MR) is 74.0 cm³/mol. The number of rotatable bonds is 1. The monoisotopic (exact) mass is 280 g/mol. The highest BCUT2D eigenvalue weighted by Crippen LogP contribution is 2.30. The molecule has 1 aromatic heterocycles. The zero-order valence-corrected chi connectivity index (χ0v) is 11.5. The van der Waals surface area contributed by atoms with Crippen LogP contribution < -0.4 is 5.69 Å². The lowest BCUT2D eigenvalue weighted by molar-refractivity contribution is 0.490. The zero-order valence-electron chi connectivity index (χ0n) is 10.7. The SMILES string of the molecule is Cc1ccc2c(c1)[nH]c(=O)n2C1CCCCS1(=O)=O. The van der Waals surface area contributed by atoms with Crippen LogP contribution in [-0.2, 0) is 9.84 Å². The highest BCUT2D eigenvalue weighted by Gasteiger charge is 2.32. The Morgan fingerprint density at radius 3 is 2.84 bits per heavy atom. The van der Waals surface area contributed by atoms with Crippen molar-refractivity contribution in [1.82, 2.24) is 9.55 Å². The maximum Gasteiger partial charge on any atom is 0.327 e. The molecule has 0 saturated carbocycles. The van der Waals surface area contributed by atoms with Gasteiger partial charge < -0.3 is 4.98 Å². The van der Waals surface area contributed by atoms with Crippen LogP contribution in [0.1, 0.15) is 30.2 Å². The molecule has 3 rings (SSSR count). The predicted octanol–water partition coefficient (Wildman–Crippen LogP) is 1.74. The van der Waals surface area contributed by atoms with Crippen molar-refractivity contribution in [2.45, 2.75) is 31.6 Å². The molecule has 0 spiro atoms. The van der Waals surface area contributed by atoms with E-state index in [9.17, 15) is 13.2 Å². The average Bonchev–Trinajstić information content (AvgIpc) is 2.64. The van der Waals surface area contributed by atoms with Gasteiger partial charge in [0.25, 0.3) is 0 Å². The van der Waals surface area contributed by atoms with Crippen molar-refractivity contribution in [2.24, 2.45) is 0 Å². The highest BCUT2D eigenvalue weighted by molar-refractivity contribution is 7.91. The van der Waals surface area contributed by atoms with E-state index in [1.165, 1.54) is 4.57 Å². The Kier molecular flexibility index (Phi) is 2.78. The van der Waals surface area contributed by atoms with E-state index < -0.39 is 15.2 Å². The largest absolute Gasteiger partial charge is 0.327 e. The van der Waals surface area contributed by atoms with Crippen molar-refractivity contribution in [3.05, 3.63) is 34.2 Å². The molecular weight excluding hydrogens is 264 g/mol. The number of fused-ring (bicyclic) bond motifs is 1. The van der Waals surface area contributed by atoms with Gasteiger partial charge in [0.1, 0.15) is 5.37 Å². The number of H-pyrrole nitrogens is 1. The minimum atomic E-state index is -3.23. The summed E-state index contributed by atoms with van der Waals surface area (Å²) in [5.74, 6) is 0.169. The smallest absolute Gasteiger partial charge is 0.305 e. The van der Waals surface area contributed by atoms with Crippen molar-refractivity contribution in [2.75, 3.05) is 5.75 Å². The topological polar surface area (TPSA) is 71.9 Å². The Bertz CT molecular complexity index is 786. The van der Waals surface area contributed by atoms with Crippen LogP contribution in [0.25, 0.3) is 11.0 Å². The maximum absolute atomic E-state index is 12.2. The molecule has 1 unspecified atom stereocenters. The lowest BCUT2D eigenvalue weighted by Gasteiger charge is -2.23. The zero-order chi connectivity index (χ0) is 13.6. The van der Waals surface area contributed by atoms with Gasteiger partial charge in [0, 0.05) is 0 Å². The second-order valence-electron chi connectivity index (χ2n) is 5.14. The molecule has 6 heteroatoms. The molecule has 1 atom stereocenters. The second-order valence-corrected chi connectivity index (χ2v) is 7.42. The molecule has 1 fully saturated rings.